The number of aryl methyl sites for hydroxylation is 1. The Hall–Kier alpha value is -4.01. The van der Waals surface area contributed by atoms with Crippen LogP contribution in [0.3, 0.4) is 0 Å². The zero-order chi connectivity index (χ0) is 21.7. The van der Waals surface area contributed by atoms with Crippen molar-refractivity contribution in [3.8, 4) is 0 Å². The van der Waals surface area contributed by atoms with E-state index in [1.165, 1.54) is 7.05 Å². The molecule has 0 aliphatic rings. The zero-order valence-corrected chi connectivity index (χ0v) is 16.5. The van der Waals surface area contributed by atoms with E-state index in [0.29, 0.717) is 11.1 Å². The molecule has 0 saturated carbocycles. The van der Waals surface area contributed by atoms with Gasteiger partial charge in [0.05, 0.1) is 11.9 Å². The number of ether oxygens (including phenoxy) is 1. The van der Waals surface area contributed by atoms with E-state index in [-0.39, 0.29) is 23.5 Å². The molecule has 0 atom stereocenters. The Morgan fingerprint density at radius 1 is 1.07 bits per heavy atom. The molecule has 2 N–H and O–H groups in total. The van der Waals surface area contributed by atoms with E-state index in [1.54, 1.807) is 36.4 Å². The lowest BCUT2D eigenvalue weighted by molar-refractivity contribution is -0.136. The van der Waals surface area contributed by atoms with Gasteiger partial charge in [0.25, 0.3) is 11.5 Å². The molecule has 0 saturated heterocycles. The van der Waals surface area contributed by atoms with Crippen molar-refractivity contribution < 1.29 is 19.1 Å². The third-order valence-corrected chi connectivity index (χ3v) is 4.36. The average molecular weight is 408 g/mol. The number of H-pyrrole nitrogens is 1. The Balaban J connectivity index is 1.56. The predicted molar refractivity (Wildman–Crippen MR) is 110 cm³/mol. The first-order chi connectivity index (χ1) is 14.3. The fourth-order valence-corrected chi connectivity index (χ4v) is 2.72. The number of nitrogens with zero attached hydrogens (tertiary/aromatic N) is 2. The molecule has 1 heterocycles. The maximum Gasteiger partial charge on any atom is 0.359 e. The van der Waals surface area contributed by atoms with Crippen LogP contribution < -0.4 is 10.9 Å². The maximum atomic E-state index is 12.3. The molecule has 0 aliphatic carbocycles. The molecule has 0 spiro atoms. The molecule has 0 unspecified atom stereocenters. The molecule has 0 bridgehead atoms. The SMILES string of the molecule is Cc1ccc(NC(=O)CN(C)C(=O)COC(=O)c2n[nH]c(=O)c3ccccc23)cc1. The summed E-state index contributed by atoms with van der Waals surface area (Å²) in [6, 6.07) is 13.7. The third kappa shape index (κ3) is 4.88. The molecule has 30 heavy (non-hydrogen) atoms. The number of esters is 1. The van der Waals surface area contributed by atoms with E-state index < -0.39 is 24.0 Å². The number of hydrogen-bond donors (Lipinski definition) is 2. The van der Waals surface area contributed by atoms with Gasteiger partial charge in [-0.05, 0) is 25.1 Å². The summed E-state index contributed by atoms with van der Waals surface area (Å²) < 4.78 is 5.03. The van der Waals surface area contributed by atoms with E-state index in [0.717, 1.165) is 10.5 Å². The minimum atomic E-state index is -0.853. The number of hydrogen-bond acceptors (Lipinski definition) is 6. The lowest BCUT2D eigenvalue weighted by Crippen LogP contribution is -2.37. The van der Waals surface area contributed by atoms with Crippen LogP contribution in [-0.4, -0.2) is 53.1 Å². The van der Waals surface area contributed by atoms with Gasteiger partial charge in [0, 0.05) is 18.1 Å². The van der Waals surface area contributed by atoms with Crippen molar-refractivity contribution in [2.24, 2.45) is 0 Å². The van der Waals surface area contributed by atoms with Crippen molar-refractivity contribution in [3.63, 3.8) is 0 Å². The van der Waals surface area contributed by atoms with Gasteiger partial charge in [0.2, 0.25) is 5.91 Å². The van der Waals surface area contributed by atoms with Crippen LogP contribution in [0.2, 0.25) is 0 Å². The summed E-state index contributed by atoms with van der Waals surface area (Å²) in [7, 11) is 1.43. The molecular formula is C21H20N4O5. The number of aromatic nitrogens is 2. The van der Waals surface area contributed by atoms with Crippen LogP contribution in [0.5, 0.6) is 0 Å². The van der Waals surface area contributed by atoms with Crippen LogP contribution in [0.25, 0.3) is 10.8 Å². The molecule has 0 aliphatic heterocycles. The Labute approximate surface area is 171 Å². The summed E-state index contributed by atoms with van der Waals surface area (Å²) in [6.45, 7) is 1.16. The summed E-state index contributed by atoms with van der Waals surface area (Å²) in [5.41, 5.74) is 1.15. The first-order valence-corrected chi connectivity index (χ1v) is 9.10. The monoisotopic (exact) mass is 408 g/mol. The van der Waals surface area contributed by atoms with Crippen molar-refractivity contribution in [1.82, 2.24) is 15.1 Å². The molecule has 9 nitrogen and oxygen atoms in total. The Morgan fingerprint density at radius 2 is 1.73 bits per heavy atom. The normalized spacial score (nSPS) is 10.5. The molecule has 9 heteroatoms. The molecule has 3 aromatic rings. The zero-order valence-electron chi connectivity index (χ0n) is 16.5. The van der Waals surface area contributed by atoms with Gasteiger partial charge < -0.3 is 15.0 Å². The van der Waals surface area contributed by atoms with Gasteiger partial charge in [-0.2, -0.15) is 5.10 Å². The molecular weight excluding hydrogens is 388 g/mol. The number of carbonyl (C=O) groups excluding carboxylic acids is 3. The standard InChI is InChI=1S/C21H20N4O5/c1-13-7-9-14(10-8-13)22-17(26)11-25(2)18(27)12-30-21(29)19-15-5-3-4-6-16(15)20(28)24-23-19/h3-10H,11-12H2,1-2H3,(H,22,26)(H,24,28). The van der Waals surface area contributed by atoms with Crippen molar-refractivity contribution >= 4 is 34.2 Å². The topological polar surface area (TPSA) is 121 Å². The highest BCUT2D eigenvalue weighted by Gasteiger charge is 2.19. The van der Waals surface area contributed by atoms with Crippen LogP contribution in [0.1, 0.15) is 16.1 Å². The van der Waals surface area contributed by atoms with Crippen molar-refractivity contribution in [1.29, 1.82) is 0 Å². The number of aromatic amines is 1. The van der Waals surface area contributed by atoms with Gasteiger partial charge >= 0.3 is 5.97 Å². The fourth-order valence-electron chi connectivity index (χ4n) is 2.72. The van der Waals surface area contributed by atoms with E-state index in [2.05, 4.69) is 15.5 Å². The van der Waals surface area contributed by atoms with Gasteiger partial charge in [-0.25, -0.2) is 9.89 Å². The van der Waals surface area contributed by atoms with E-state index in [4.69, 9.17) is 4.74 Å². The highest BCUT2D eigenvalue weighted by atomic mass is 16.5. The van der Waals surface area contributed by atoms with E-state index >= 15 is 0 Å². The highest BCUT2D eigenvalue weighted by molar-refractivity contribution is 6.02. The molecule has 154 valence electrons. The lowest BCUT2D eigenvalue weighted by atomic mass is 10.1. The van der Waals surface area contributed by atoms with Crippen LogP contribution in [0, 0.1) is 6.92 Å². The summed E-state index contributed by atoms with van der Waals surface area (Å²) in [5, 5.41) is 9.26. The van der Waals surface area contributed by atoms with E-state index in [1.807, 2.05) is 19.1 Å². The first-order valence-electron chi connectivity index (χ1n) is 9.10. The number of fused-ring (bicyclic) bond motifs is 1. The van der Waals surface area contributed by atoms with Crippen LogP contribution in [0.4, 0.5) is 5.69 Å². The minimum absolute atomic E-state index is 0.0993. The number of amides is 2. The van der Waals surface area contributed by atoms with Crippen LogP contribution in [-0.2, 0) is 14.3 Å². The number of benzene rings is 2. The number of anilines is 1. The van der Waals surface area contributed by atoms with Crippen LogP contribution >= 0.6 is 0 Å². The predicted octanol–water partition coefficient (Wildman–Crippen LogP) is 1.49. The largest absolute Gasteiger partial charge is 0.451 e. The van der Waals surface area contributed by atoms with Crippen molar-refractivity contribution in [2.45, 2.75) is 6.92 Å². The Morgan fingerprint density at radius 3 is 2.43 bits per heavy atom. The number of nitrogens with one attached hydrogen (secondary N) is 2. The second kappa shape index (κ2) is 8.99. The molecule has 2 amide bonds. The second-order valence-electron chi connectivity index (χ2n) is 6.69. The van der Waals surface area contributed by atoms with Gasteiger partial charge in [-0.1, -0.05) is 35.9 Å². The van der Waals surface area contributed by atoms with E-state index in [9.17, 15) is 19.2 Å². The molecule has 3 rings (SSSR count). The summed E-state index contributed by atoms with van der Waals surface area (Å²) in [4.78, 5) is 49.6. The molecule has 0 radical (unpaired) electrons. The number of rotatable bonds is 6. The Bertz CT molecular complexity index is 1150. The summed E-state index contributed by atoms with van der Waals surface area (Å²) >= 11 is 0. The average Bonchev–Trinajstić information content (AvgIpc) is 2.73. The summed E-state index contributed by atoms with van der Waals surface area (Å²) in [5.74, 6) is -1.79. The summed E-state index contributed by atoms with van der Waals surface area (Å²) in [6.07, 6.45) is 0. The van der Waals surface area contributed by atoms with Gasteiger partial charge in [-0.3, -0.25) is 14.4 Å². The Kier molecular flexibility index (Phi) is 6.21. The minimum Gasteiger partial charge on any atom is -0.451 e. The van der Waals surface area contributed by atoms with Gasteiger partial charge in [0.15, 0.2) is 12.3 Å². The highest BCUT2D eigenvalue weighted by Crippen LogP contribution is 2.13. The fraction of sp³-hybridized carbons (Fsp3) is 0.190. The lowest BCUT2D eigenvalue weighted by Gasteiger charge is -2.17. The van der Waals surface area contributed by atoms with Crippen molar-refractivity contribution in [2.75, 3.05) is 25.5 Å². The molecule has 0 fully saturated rings. The van der Waals surface area contributed by atoms with Crippen LogP contribution in [0.15, 0.2) is 53.3 Å². The smallest absolute Gasteiger partial charge is 0.359 e. The number of likely N-dealkylation sites (N-methyl/N-ethyl adjacent to an activating group) is 1. The van der Waals surface area contributed by atoms with Gasteiger partial charge in [0.1, 0.15) is 0 Å². The number of carbonyl (C=O) groups is 3. The third-order valence-electron chi connectivity index (χ3n) is 4.36. The molecule has 2 aromatic carbocycles. The van der Waals surface area contributed by atoms with Crippen molar-refractivity contribution in [3.05, 3.63) is 70.1 Å². The molecule has 1 aromatic heterocycles. The van der Waals surface area contributed by atoms with Gasteiger partial charge in [-0.15, -0.1) is 0 Å². The second-order valence-corrected chi connectivity index (χ2v) is 6.69. The quantitative estimate of drug-likeness (QED) is 0.596. The maximum absolute atomic E-state index is 12.3. The first kappa shape index (κ1) is 20.7.